The van der Waals surface area contributed by atoms with Gasteiger partial charge in [-0.2, -0.15) is 23.3 Å². The van der Waals surface area contributed by atoms with E-state index in [-0.39, 0.29) is 6.04 Å². The molecule has 0 aliphatic heterocycles. The summed E-state index contributed by atoms with van der Waals surface area (Å²) in [6, 6.07) is 2.52. The van der Waals surface area contributed by atoms with Crippen LogP contribution in [0.2, 0.25) is 0 Å². The topological polar surface area (TPSA) is 81.7 Å². The van der Waals surface area contributed by atoms with Crippen LogP contribution in [0.4, 0.5) is 13.2 Å². The highest BCUT2D eigenvalue weighted by Crippen LogP contribution is 2.29. The molecule has 3 aromatic heterocycles. The number of nitrogens with zero attached hydrogens (tertiary/aromatic N) is 5. The van der Waals surface area contributed by atoms with Crippen LogP contribution in [0.3, 0.4) is 0 Å². The van der Waals surface area contributed by atoms with E-state index >= 15 is 0 Å². The first-order valence-corrected chi connectivity index (χ1v) is 8.76. The zero-order chi connectivity index (χ0) is 20.5. The summed E-state index contributed by atoms with van der Waals surface area (Å²) in [5, 5.41) is 11.5. The maximum absolute atomic E-state index is 12.7. The first kappa shape index (κ1) is 20.0. The number of nitrogens with one attached hydrogen (secondary N) is 1. The fourth-order valence-corrected chi connectivity index (χ4v) is 2.80. The van der Waals surface area contributed by atoms with Gasteiger partial charge in [0.25, 0.3) is 0 Å². The second kappa shape index (κ2) is 7.70. The molecule has 0 radical (unpaired) electrons. The summed E-state index contributed by atoms with van der Waals surface area (Å²) in [6.45, 7) is 5.67. The molecule has 150 valence electrons. The summed E-state index contributed by atoms with van der Waals surface area (Å²) in [7, 11) is 1.86. The fraction of sp³-hybridized carbons (Fsp3) is 0.444. The van der Waals surface area contributed by atoms with E-state index in [1.54, 1.807) is 0 Å². The number of aryl methyl sites for hydroxylation is 1. The molecule has 0 aliphatic rings. The monoisotopic (exact) mass is 394 g/mol. The number of hydrogen-bond donors (Lipinski definition) is 1. The standard InChI is InChI=1S/C18H21F3N6O/c1-10(22-4)7-15-24-17(28-26-15)8-14-11(2)25-27(12(14)3)16-6-5-13(9-23-16)18(19,20)21/h5-6,9-10,22H,7-8H2,1-4H3. The Labute approximate surface area is 160 Å². The van der Waals surface area contributed by atoms with Crippen molar-refractivity contribution >= 4 is 0 Å². The molecule has 1 unspecified atom stereocenters. The fourth-order valence-electron chi connectivity index (χ4n) is 2.80. The van der Waals surface area contributed by atoms with Crippen LogP contribution in [0.25, 0.3) is 5.82 Å². The van der Waals surface area contributed by atoms with Crippen molar-refractivity contribution in [2.75, 3.05) is 7.05 Å². The van der Waals surface area contributed by atoms with E-state index in [4.69, 9.17) is 4.52 Å². The van der Waals surface area contributed by atoms with Crippen molar-refractivity contribution in [2.45, 2.75) is 45.8 Å². The molecular weight excluding hydrogens is 373 g/mol. The molecule has 28 heavy (non-hydrogen) atoms. The summed E-state index contributed by atoms with van der Waals surface area (Å²) in [4.78, 5) is 8.31. The van der Waals surface area contributed by atoms with Crippen LogP contribution >= 0.6 is 0 Å². The van der Waals surface area contributed by atoms with Gasteiger partial charge in [-0.25, -0.2) is 9.67 Å². The van der Waals surface area contributed by atoms with Crippen LogP contribution < -0.4 is 5.32 Å². The molecular formula is C18H21F3N6O. The zero-order valence-electron chi connectivity index (χ0n) is 16.0. The normalized spacial score (nSPS) is 13.1. The smallest absolute Gasteiger partial charge is 0.339 e. The van der Waals surface area contributed by atoms with Gasteiger partial charge >= 0.3 is 6.18 Å². The molecule has 3 rings (SSSR count). The predicted octanol–water partition coefficient (Wildman–Crippen LogP) is 3.03. The molecule has 0 aromatic carbocycles. The number of alkyl halides is 3. The van der Waals surface area contributed by atoms with Crippen molar-refractivity contribution in [3.8, 4) is 5.82 Å². The number of hydrogen-bond acceptors (Lipinski definition) is 6. The number of likely N-dealkylation sites (N-methyl/N-ethyl adjacent to an activating group) is 1. The van der Waals surface area contributed by atoms with Crippen LogP contribution in [0.5, 0.6) is 0 Å². The molecule has 0 saturated heterocycles. The van der Waals surface area contributed by atoms with Crippen molar-refractivity contribution in [1.82, 2.24) is 30.2 Å². The maximum Gasteiger partial charge on any atom is 0.417 e. The van der Waals surface area contributed by atoms with Gasteiger partial charge in [-0.05, 0) is 40.0 Å². The second-order valence-electron chi connectivity index (χ2n) is 6.64. The summed E-state index contributed by atoms with van der Waals surface area (Å²) >= 11 is 0. The minimum Gasteiger partial charge on any atom is -0.339 e. The third kappa shape index (κ3) is 4.22. The Morgan fingerprint density at radius 2 is 2.00 bits per heavy atom. The van der Waals surface area contributed by atoms with Gasteiger partial charge < -0.3 is 9.84 Å². The Kier molecular flexibility index (Phi) is 5.50. The average molecular weight is 394 g/mol. The highest BCUT2D eigenvalue weighted by molar-refractivity contribution is 5.35. The number of aromatic nitrogens is 5. The molecule has 3 heterocycles. The van der Waals surface area contributed by atoms with Gasteiger partial charge in [-0.15, -0.1) is 0 Å². The Morgan fingerprint density at radius 3 is 2.61 bits per heavy atom. The van der Waals surface area contributed by atoms with E-state index in [0.717, 1.165) is 29.2 Å². The Morgan fingerprint density at radius 1 is 1.25 bits per heavy atom. The Bertz CT molecular complexity index is 945. The van der Waals surface area contributed by atoms with E-state index in [9.17, 15) is 13.2 Å². The molecule has 0 saturated carbocycles. The Balaban J connectivity index is 1.82. The molecule has 3 aromatic rings. The first-order chi connectivity index (χ1) is 13.2. The van der Waals surface area contributed by atoms with E-state index < -0.39 is 11.7 Å². The number of halogens is 3. The van der Waals surface area contributed by atoms with E-state index in [0.29, 0.717) is 30.4 Å². The first-order valence-electron chi connectivity index (χ1n) is 8.76. The summed E-state index contributed by atoms with van der Waals surface area (Å²) in [5.74, 6) is 1.39. The molecule has 0 spiro atoms. The van der Waals surface area contributed by atoms with Gasteiger partial charge in [-0.3, -0.25) is 0 Å². The molecule has 1 atom stereocenters. The van der Waals surface area contributed by atoms with E-state index in [1.165, 1.54) is 10.7 Å². The maximum atomic E-state index is 12.7. The lowest BCUT2D eigenvalue weighted by Gasteiger charge is -2.08. The molecule has 0 aliphatic carbocycles. The lowest BCUT2D eigenvalue weighted by Crippen LogP contribution is -2.24. The summed E-state index contributed by atoms with van der Waals surface area (Å²) < 4.78 is 45.0. The van der Waals surface area contributed by atoms with Crippen LogP contribution in [-0.4, -0.2) is 38.0 Å². The third-order valence-electron chi connectivity index (χ3n) is 4.55. The van der Waals surface area contributed by atoms with E-state index in [2.05, 4.69) is 25.5 Å². The van der Waals surface area contributed by atoms with Crippen molar-refractivity contribution in [3.05, 3.63) is 52.6 Å². The van der Waals surface area contributed by atoms with Gasteiger partial charge in [0.05, 0.1) is 17.7 Å². The predicted molar refractivity (Wildman–Crippen MR) is 95.2 cm³/mol. The van der Waals surface area contributed by atoms with Crippen molar-refractivity contribution in [3.63, 3.8) is 0 Å². The van der Waals surface area contributed by atoms with Crippen LogP contribution in [-0.2, 0) is 19.0 Å². The Hall–Kier alpha value is -2.75. The van der Waals surface area contributed by atoms with E-state index in [1.807, 2.05) is 27.8 Å². The SMILES string of the molecule is CNC(C)Cc1noc(Cc2c(C)nn(-c3ccc(C(F)(F)F)cn3)c2C)n1. The number of pyridine rings is 1. The second-order valence-corrected chi connectivity index (χ2v) is 6.64. The molecule has 10 heteroatoms. The largest absolute Gasteiger partial charge is 0.417 e. The lowest BCUT2D eigenvalue weighted by atomic mass is 10.1. The van der Waals surface area contributed by atoms with Gasteiger partial charge in [0.2, 0.25) is 5.89 Å². The van der Waals surface area contributed by atoms with Gasteiger partial charge in [0, 0.05) is 29.9 Å². The molecule has 1 N–H and O–H groups in total. The van der Waals surface area contributed by atoms with Crippen LogP contribution in [0.1, 0.15) is 41.2 Å². The molecule has 0 amide bonds. The number of rotatable bonds is 6. The molecule has 7 nitrogen and oxygen atoms in total. The minimum atomic E-state index is -4.42. The third-order valence-corrected chi connectivity index (χ3v) is 4.55. The highest BCUT2D eigenvalue weighted by atomic mass is 19.4. The van der Waals surface area contributed by atoms with Crippen molar-refractivity contribution in [2.24, 2.45) is 0 Å². The average Bonchev–Trinajstić information content (AvgIpc) is 3.20. The van der Waals surface area contributed by atoms with Crippen molar-refractivity contribution < 1.29 is 17.7 Å². The van der Waals surface area contributed by atoms with Crippen LogP contribution in [0.15, 0.2) is 22.9 Å². The van der Waals surface area contributed by atoms with Gasteiger partial charge in [0.15, 0.2) is 11.6 Å². The highest BCUT2D eigenvalue weighted by Gasteiger charge is 2.31. The van der Waals surface area contributed by atoms with Gasteiger partial charge in [0.1, 0.15) is 0 Å². The quantitative estimate of drug-likeness (QED) is 0.692. The summed E-state index contributed by atoms with van der Waals surface area (Å²) in [6.07, 6.45) is -2.59. The lowest BCUT2D eigenvalue weighted by molar-refractivity contribution is -0.137. The minimum absolute atomic E-state index is 0.224. The molecule has 0 bridgehead atoms. The van der Waals surface area contributed by atoms with Crippen LogP contribution in [0, 0.1) is 13.8 Å². The zero-order valence-corrected chi connectivity index (χ0v) is 16.0. The van der Waals surface area contributed by atoms with Gasteiger partial charge in [-0.1, -0.05) is 5.16 Å². The molecule has 0 fully saturated rings. The van der Waals surface area contributed by atoms with Crippen molar-refractivity contribution in [1.29, 1.82) is 0 Å². The summed E-state index contributed by atoms with van der Waals surface area (Å²) in [5.41, 5.74) is 1.56.